The number of hydrogen-bond acceptors (Lipinski definition) is 4. The van der Waals surface area contributed by atoms with Crippen molar-refractivity contribution in [3.63, 3.8) is 0 Å². The van der Waals surface area contributed by atoms with Crippen LogP contribution in [-0.4, -0.2) is 46.5 Å². The molecule has 0 aromatic heterocycles. The maximum atomic E-state index is 12.0. The molecule has 0 unspecified atom stereocenters. The van der Waals surface area contributed by atoms with Crippen molar-refractivity contribution in [2.45, 2.75) is 69.9 Å². The maximum absolute atomic E-state index is 12.0. The molecule has 2 fully saturated rings. The highest BCUT2D eigenvalue weighted by molar-refractivity contribution is 5.94. The van der Waals surface area contributed by atoms with Gasteiger partial charge in [0.25, 0.3) is 0 Å². The minimum absolute atomic E-state index is 0.0128. The van der Waals surface area contributed by atoms with Gasteiger partial charge in [-0.25, -0.2) is 4.79 Å². The van der Waals surface area contributed by atoms with Crippen LogP contribution in [0.25, 0.3) is 0 Å². The van der Waals surface area contributed by atoms with Gasteiger partial charge in [0.2, 0.25) is 5.60 Å². The monoisotopic (exact) mass is 359 g/mol. The van der Waals surface area contributed by atoms with Crippen LogP contribution >= 0.6 is 0 Å². The number of carboxylic acids is 1. The van der Waals surface area contributed by atoms with E-state index in [-0.39, 0.29) is 5.78 Å². The number of likely N-dealkylation sites (tertiary alicyclic amines) is 1. The molecule has 5 heteroatoms. The third kappa shape index (κ3) is 4.26. The third-order valence-electron chi connectivity index (χ3n) is 5.91. The molecular formula is C21H29NO4. The first-order valence-corrected chi connectivity index (χ1v) is 9.78. The van der Waals surface area contributed by atoms with Crippen molar-refractivity contribution in [3.8, 4) is 5.75 Å². The van der Waals surface area contributed by atoms with Crippen LogP contribution in [0.15, 0.2) is 24.3 Å². The van der Waals surface area contributed by atoms with Gasteiger partial charge >= 0.3 is 5.97 Å². The van der Waals surface area contributed by atoms with E-state index in [2.05, 4.69) is 4.90 Å². The van der Waals surface area contributed by atoms with Gasteiger partial charge in [-0.05, 0) is 44.0 Å². The number of ether oxygens (including phenoxy) is 1. The van der Waals surface area contributed by atoms with Crippen molar-refractivity contribution < 1.29 is 19.4 Å². The van der Waals surface area contributed by atoms with Crippen molar-refractivity contribution in [3.05, 3.63) is 29.8 Å². The molecule has 26 heavy (non-hydrogen) atoms. The largest absolute Gasteiger partial charge is 0.478 e. The SMILES string of the molecule is CC(=O)c1ccc(OC2(C(=O)O)CCN(C3CCCCCC3)CC2)cc1. The average Bonchev–Trinajstić information content (AvgIpc) is 2.92. The number of nitrogens with zero attached hydrogens (tertiary/aromatic N) is 1. The number of Topliss-reactive ketones (excluding diaryl/α,β-unsaturated/α-hetero) is 1. The van der Waals surface area contributed by atoms with Crippen LogP contribution in [0.1, 0.15) is 68.6 Å². The van der Waals surface area contributed by atoms with Gasteiger partial charge in [-0.1, -0.05) is 25.7 Å². The number of carbonyl (C=O) groups excluding carboxylic acids is 1. The smallest absolute Gasteiger partial charge is 0.348 e. The van der Waals surface area contributed by atoms with Crippen molar-refractivity contribution in [1.29, 1.82) is 0 Å². The molecule has 1 N–H and O–H groups in total. The molecule has 0 bridgehead atoms. The van der Waals surface area contributed by atoms with Gasteiger partial charge in [0.1, 0.15) is 5.75 Å². The van der Waals surface area contributed by atoms with Gasteiger partial charge in [0, 0.05) is 37.5 Å². The Hall–Kier alpha value is -1.88. The van der Waals surface area contributed by atoms with Crippen LogP contribution in [0, 0.1) is 0 Å². The lowest BCUT2D eigenvalue weighted by atomic mass is 9.89. The Bertz CT molecular complexity index is 624. The van der Waals surface area contributed by atoms with Crippen LogP contribution in [-0.2, 0) is 4.79 Å². The molecule has 1 aromatic rings. The lowest BCUT2D eigenvalue weighted by molar-refractivity contribution is -0.160. The number of benzene rings is 1. The first kappa shape index (κ1) is 18.9. The van der Waals surface area contributed by atoms with Gasteiger partial charge in [-0.15, -0.1) is 0 Å². The molecule has 1 aliphatic heterocycles. The van der Waals surface area contributed by atoms with Crippen LogP contribution in [0.3, 0.4) is 0 Å². The Morgan fingerprint density at radius 3 is 2.12 bits per heavy atom. The second-order valence-electron chi connectivity index (χ2n) is 7.66. The lowest BCUT2D eigenvalue weighted by Gasteiger charge is -2.42. The number of ketones is 1. The number of carbonyl (C=O) groups is 2. The minimum Gasteiger partial charge on any atom is -0.478 e. The fraction of sp³-hybridized carbons (Fsp3) is 0.619. The van der Waals surface area contributed by atoms with E-state index < -0.39 is 11.6 Å². The van der Waals surface area contributed by atoms with Crippen molar-refractivity contribution >= 4 is 11.8 Å². The van der Waals surface area contributed by atoms with E-state index in [9.17, 15) is 14.7 Å². The average molecular weight is 359 g/mol. The highest BCUT2D eigenvalue weighted by Gasteiger charge is 2.45. The van der Waals surface area contributed by atoms with E-state index in [1.165, 1.54) is 45.4 Å². The van der Waals surface area contributed by atoms with E-state index >= 15 is 0 Å². The van der Waals surface area contributed by atoms with E-state index in [1.54, 1.807) is 24.3 Å². The first-order chi connectivity index (χ1) is 12.5. The van der Waals surface area contributed by atoms with Crippen molar-refractivity contribution in [2.24, 2.45) is 0 Å². The molecule has 1 saturated heterocycles. The van der Waals surface area contributed by atoms with Crippen molar-refractivity contribution in [1.82, 2.24) is 4.90 Å². The molecule has 1 aliphatic carbocycles. The molecule has 1 saturated carbocycles. The number of aliphatic carboxylic acids is 1. The highest BCUT2D eigenvalue weighted by atomic mass is 16.5. The summed E-state index contributed by atoms with van der Waals surface area (Å²) in [6.45, 7) is 3.04. The molecule has 2 aliphatic rings. The standard InChI is InChI=1S/C21H29NO4/c1-16(23)17-8-10-19(11-9-17)26-21(20(24)25)12-14-22(15-13-21)18-6-4-2-3-5-7-18/h8-11,18H,2-7,12-15H2,1H3,(H,24,25). The topological polar surface area (TPSA) is 66.8 Å². The maximum Gasteiger partial charge on any atom is 0.348 e. The van der Waals surface area contributed by atoms with Crippen LogP contribution in [0.5, 0.6) is 5.75 Å². The molecule has 0 amide bonds. The number of hydrogen-bond donors (Lipinski definition) is 1. The third-order valence-corrected chi connectivity index (χ3v) is 5.91. The van der Waals surface area contributed by atoms with Gasteiger partial charge in [-0.2, -0.15) is 0 Å². The summed E-state index contributed by atoms with van der Waals surface area (Å²) >= 11 is 0. The normalized spacial score (nSPS) is 21.7. The molecule has 3 rings (SSSR count). The fourth-order valence-corrected chi connectivity index (χ4v) is 4.22. The highest BCUT2D eigenvalue weighted by Crippen LogP contribution is 2.32. The Balaban J connectivity index is 1.66. The van der Waals surface area contributed by atoms with Crippen LogP contribution in [0.2, 0.25) is 0 Å². The Morgan fingerprint density at radius 2 is 1.62 bits per heavy atom. The first-order valence-electron chi connectivity index (χ1n) is 9.78. The summed E-state index contributed by atoms with van der Waals surface area (Å²) in [6.07, 6.45) is 8.65. The molecule has 5 nitrogen and oxygen atoms in total. The summed E-state index contributed by atoms with van der Waals surface area (Å²) in [6, 6.07) is 7.36. The number of carboxylic acid groups (broad SMARTS) is 1. The van der Waals surface area contributed by atoms with Crippen LogP contribution < -0.4 is 4.74 Å². The van der Waals surface area contributed by atoms with Gasteiger partial charge in [0.15, 0.2) is 5.78 Å². The van der Waals surface area contributed by atoms with Gasteiger partial charge in [-0.3, -0.25) is 4.79 Å². The fourth-order valence-electron chi connectivity index (χ4n) is 4.22. The zero-order valence-corrected chi connectivity index (χ0v) is 15.6. The molecule has 0 radical (unpaired) electrons. The van der Waals surface area contributed by atoms with Gasteiger partial charge < -0.3 is 14.7 Å². The molecule has 142 valence electrons. The Kier molecular flexibility index (Phi) is 5.97. The van der Waals surface area contributed by atoms with Crippen LogP contribution in [0.4, 0.5) is 0 Å². The molecule has 0 spiro atoms. The summed E-state index contributed by atoms with van der Waals surface area (Å²) < 4.78 is 5.96. The quantitative estimate of drug-likeness (QED) is 0.638. The molecule has 0 atom stereocenters. The zero-order chi connectivity index (χ0) is 18.6. The molecule has 1 aromatic carbocycles. The summed E-state index contributed by atoms with van der Waals surface area (Å²) in [5.74, 6) is -0.393. The number of piperidine rings is 1. The Labute approximate surface area is 155 Å². The lowest BCUT2D eigenvalue weighted by Crippen LogP contribution is -2.55. The molecule has 1 heterocycles. The zero-order valence-electron chi connectivity index (χ0n) is 15.6. The predicted molar refractivity (Wildman–Crippen MR) is 99.7 cm³/mol. The summed E-state index contributed by atoms with van der Waals surface area (Å²) in [7, 11) is 0. The van der Waals surface area contributed by atoms with E-state index in [0.29, 0.717) is 30.2 Å². The Morgan fingerprint density at radius 1 is 1.04 bits per heavy atom. The van der Waals surface area contributed by atoms with Gasteiger partial charge in [0.05, 0.1) is 0 Å². The van der Waals surface area contributed by atoms with E-state index in [0.717, 1.165) is 13.1 Å². The summed E-state index contributed by atoms with van der Waals surface area (Å²) in [5, 5.41) is 9.84. The van der Waals surface area contributed by atoms with Crippen molar-refractivity contribution in [2.75, 3.05) is 13.1 Å². The van der Waals surface area contributed by atoms with E-state index in [1.807, 2.05) is 0 Å². The predicted octanol–water partition coefficient (Wildman–Crippen LogP) is 3.91. The molecular weight excluding hydrogens is 330 g/mol. The summed E-state index contributed by atoms with van der Waals surface area (Å²) in [4.78, 5) is 25.9. The minimum atomic E-state index is -1.17. The number of rotatable bonds is 5. The second kappa shape index (κ2) is 8.21. The summed E-state index contributed by atoms with van der Waals surface area (Å²) in [5.41, 5.74) is -0.566. The second-order valence-corrected chi connectivity index (χ2v) is 7.66. The van der Waals surface area contributed by atoms with E-state index in [4.69, 9.17) is 4.74 Å².